The molecule has 3 nitrogen and oxygen atoms in total. The molecule has 0 bridgehead atoms. The van der Waals surface area contributed by atoms with Crippen LogP contribution >= 0.6 is 23.2 Å². The number of esters is 1. The molecule has 0 unspecified atom stereocenters. The van der Waals surface area contributed by atoms with Crippen molar-refractivity contribution in [3.8, 4) is 11.5 Å². The minimum atomic E-state index is -0.421. The van der Waals surface area contributed by atoms with E-state index in [9.17, 15) is 9.90 Å². The van der Waals surface area contributed by atoms with Gasteiger partial charge in [-0.3, -0.25) is 4.79 Å². The van der Waals surface area contributed by atoms with E-state index in [4.69, 9.17) is 27.9 Å². The lowest BCUT2D eigenvalue weighted by Gasteiger charge is -2.23. The van der Waals surface area contributed by atoms with Crippen LogP contribution in [-0.4, -0.2) is 11.1 Å². The Labute approximate surface area is 180 Å². The third-order valence-electron chi connectivity index (χ3n) is 4.52. The zero-order valence-electron chi connectivity index (χ0n) is 16.2. The lowest BCUT2D eigenvalue weighted by atomic mass is 9.84. The first-order valence-corrected chi connectivity index (χ1v) is 10.1. The molecule has 0 radical (unpaired) electrons. The second-order valence-electron chi connectivity index (χ2n) is 7.30. The van der Waals surface area contributed by atoms with E-state index in [0.29, 0.717) is 33.3 Å². The van der Waals surface area contributed by atoms with Gasteiger partial charge in [-0.2, -0.15) is 0 Å². The van der Waals surface area contributed by atoms with Crippen molar-refractivity contribution in [1.29, 1.82) is 0 Å². The SMILES string of the molecule is CC(C)CC(=O)Oc1ccc(Cl)cc1[C@H](c1ccccc1)c1cc(Cl)ccc1O. The predicted octanol–water partition coefficient (Wildman–Crippen LogP) is 6.83. The zero-order chi connectivity index (χ0) is 21.0. The van der Waals surface area contributed by atoms with Crippen molar-refractivity contribution in [2.75, 3.05) is 0 Å². The number of phenols is 1. The van der Waals surface area contributed by atoms with E-state index in [0.717, 1.165) is 5.56 Å². The minimum absolute atomic E-state index is 0.0997. The molecule has 3 rings (SSSR count). The van der Waals surface area contributed by atoms with Crippen molar-refractivity contribution in [3.05, 3.63) is 93.5 Å². The van der Waals surface area contributed by atoms with Gasteiger partial charge < -0.3 is 9.84 Å². The first kappa shape index (κ1) is 21.2. The van der Waals surface area contributed by atoms with Crippen LogP contribution < -0.4 is 4.74 Å². The smallest absolute Gasteiger partial charge is 0.311 e. The van der Waals surface area contributed by atoms with Crippen LogP contribution in [0, 0.1) is 5.92 Å². The van der Waals surface area contributed by atoms with Crippen LogP contribution in [0.2, 0.25) is 10.0 Å². The Morgan fingerprint density at radius 3 is 2.21 bits per heavy atom. The summed E-state index contributed by atoms with van der Waals surface area (Å²) < 4.78 is 5.69. The highest BCUT2D eigenvalue weighted by Gasteiger charge is 2.25. The molecule has 0 heterocycles. The molecule has 0 aromatic heterocycles. The second-order valence-corrected chi connectivity index (χ2v) is 8.17. The van der Waals surface area contributed by atoms with Crippen molar-refractivity contribution in [2.45, 2.75) is 26.2 Å². The van der Waals surface area contributed by atoms with Crippen molar-refractivity contribution in [3.63, 3.8) is 0 Å². The number of carbonyl (C=O) groups excluding carboxylic acids is 1. The molecule has 3 aromatic carbocycles. The first-order chi connectivity index (χ1) is 13.8. The maximum absolute atomic E-state index is 12.4. The summed E-state index contributed by atoms with van der Waals surface area (Å²) >= 11 is 12.5. The van der Waals surface area contributed by atoms with Crippen molar-refractivity contribution < 1.29 is 14.6 Å². The fourth-order valence-corrected chi connectivity index (χ4v) is 3.63. The number of phenolic OH excluding ortho intramolecular Hbond substituents is 1. The number of hydrogen-bond donors (Lipinski definition) is 1. The number of aromatic hydroxyl groups is 1. The summed E-state index contributed by atoms with van der Waals surface area (Å²) in [6, 6.07) is 19.7. The van der Waals surface area contributed by atoms with Gasteiger partial charge in [-0.1, -0.05) is 67.4 Å². The molecule has 0 saturated carbocycles. The maximum Gasteiger partial charge on any atom is 0.311 e. The molecule has 0 spiro atoms. The molecule has 0 aliphatic carbocycles. The first-order valence-electron chi connectivity index (χ1n) is 9.38. The van der Waals surface area contributed by atoms with Gasteiger partial charge in [-0.05, 0) is 47.9 Å². The Bertz CT molecular complexity index is 1000. The van der Waals surface area contributed by atoms with Gasteiger partial charge >= 0.3 is 5.97 Å². The number of ether oxygens (including phenoxy) is 1. The number of carbonyl (C=O) groups is 1. The summed E-state index contributed by atoms with van der Waals surface area (Å²) in [6.07, 6.45) is 0.306. The number of halogens is 2. The van der Waals surface area contributed by atoms with Crippen molar-refractivity contribution in [1.82, 2.24) is 0 Å². The highest BCUT2D eigenvalue weighted by Crippen LogP contribution is 2.42. The highest BCUT2D eigenvalue weighted by molar-refractivity contribution is 6.31. The second kappa shape index (κ2) is 9.34. The van der Waals surface area contributed by atoms with Crippen LogP contribution in [0.4, 0.5) is 0 Å². The van der Waals surface area contributed by atoms with Crippen LogP contribution in [0.25, 0.3) is 0 Å². The molecule has 0 aliphatic rings. The lowest BCUT2D eigenvalue weighted by Crippen LogP contribution is -2.14. The van der Waals surface area contributed by atoms with Crippen LogP contribution in [0.5, 0.6) is 11.5 Å². The van der Waals surface area contributed by atoms with E-state index in [1.807, 2.05) is 44.2 Å². The van der Waals surface area contributed by atoms with Gasteiger partial charge in [0.05, 0.1) is 0 Å². The van der Waals surface area contributed by atoms with Gasteiger partial charge in [-0.15, -0.1) is 0 Å². The molecule has 1 atom stereocenters. The standard InChI is InChI=1S/C24H22Cl2O3/c1-15(2)12-23(28)29-22-11-9-18(26)14-20(22)24(16-6-4-3-5-7-16)19-13-17(25)8-10-21(19)27/h3-11,13-15,24,27H,12H2,1-2H3/t24-/m1/s1. The van der Waals surface area contributed by atoms with Crippen LogP contribution in [-0.2, 0) is 4.79 Å². The molecule has 1 N–H and O–H groups in total. The van der Waals surface area contributed by atoms with Gasteiger partial charge in [0.2, 0.25) is 0 Å². The quantitative estimate of drug-likeness (QED) is 0.265. The molecule has 5 heteroatoms. The van der Waals surface area contributed by atoms with Gasteiger partial charge in [-0.25, -0.2) is 0 Å². The summed E-state index contributed by atoms with van der Waals surface area (Å²) in [5.41, 5.74) is 2.19. The van der Waals surface area contributed by atoms with Crippen molar-refractivity contribution >= 4 is 29.2 Å². The maximum atomic E-state index is 12.4. The molecular weight excluding hydrogens is 407 g/mol. The molecule has 3 aromatic rings. The summed E-state index contributed by atoms with van der Waals surface area (Å²) in [5, 5.41) is 11.6. The third kappa shape index (κ3) is 5.31. The Balaban J connectivity index is 2.17. The van der Waals surface area contributed by atoms with E-state index in [1.54, 1.807) is 36.4 Å². The monoisotopic (exact) mass is 428 g/mol. The summed E-state index contributed by atoms with van der Waals surface area (Å²) in [7, 11) is 0. The molecule has 0 fully saturated rings. The largest absolute Gasteiger partial charge is 0.508 e. The van der Waals surface area contributed by atoms with Gasteiger partial charge in [0, 0.05) is 33.5 Å². The molecule has 29 heavy (non-hydrogen) atoms. The minimum Gasteiger partial charge on any atom is -0.508 e. The van der Waals surface area contributed by atoms with Gasteiger partial charge in [0.15, 0.2) is 0 Å². The molecular formula is C24H22Cl2O3. The summed E-state index contributed by atoms with van der Waals surface area (Å²) in [4.78, 5) is 12.4. The van der Waals surface area contributed by atoms with E-state index < -0.39 is 5.92 Å². The van der Waals surface area contributed by atoms with E-state index in [2.05, 4.69) is 0 Å². The Morgan fingerprint density at radius 2 is 1.55 bits per heavy atom. The summed E-state index contributed by atoms with van der Waals surface area (Å²) in [5.74, 6) is -0.0442. The van der Waals surface area contributed by atoms with Gasteiger partial charge in [0.25, 0.3) is 0 Å². The highest BCUT2D eigenvalue weighted by atomic mass is 35.5. The molecule has 0 aliphatic heterocycles. The predicted molar refractivity (Wildman–Crippen MR) is 117 cm³/mol. The average molecular weight is 429 g/mol. The van der Waals surface area contributed by atoms with Crippen LogP contribution in [0.1, 0.15) is 42.9 Å². The molecule has 150 valence electrons. The molecule has 0 amide bonds. The van der Waals surface area contributed by atoms with E-state index >= 15 is 0 Å². The topological polar surface area (TPSA) is 46.5 Å². The fraction of sp³-hybridized carbons (Fsp3) is 0.208. The van der Waals surface area contributed by atoms with E-state index in [-0.39, 0.29) is 17.6 Å². The number of hydrogen-bond acceptors (Lipinski definition) is 3. The molecule has 0 saturated heterocycles. The van der Waals surface area contributed by atoms with Crippen molar-refractivity contribution in [2.24, 2.45) is 5.92 Å². The Morgan fingerprint density at radius 1 is 0.931 bits per heavy atom. The normalized spacial score (nSPS) is 12.0. The average Bonchev–Trinajstić information content (AvgIpc) is 2.67. The Hall–Kier alpha value is -2.49. The Kier molecular flexibility index (Phi) is 6.83. The number of benzene rings is 3. The van der Waals surface area contributed by atoms with Crippen LogP contribution in [0.3, 0.4) is 0 Å². The lowest BCUT2D eigenvalue weighted by molar-refractivity contribution is -0.135. The summed E-state index contributed by atoms with van der Waals surface area (Å²) in [6.45, 7) is 3.92. The van der Waals surface area contributed by atoms with Gasteiger partial charge in [0.1, 0.15) is 11.5 Å². The van der Waals surface area contributed by atoms with Crippen LogP contribution in [0.15, 0.2) is 66.7 Å². The fourth-order valence-electron chi connectivity index (χ4n) is 3.26. The third-order valence-corrected chi connectivity index (χ3v) is 4.99. The van der Waals surface area contributed by atoms with E-state index in [1.165, 1.54) is 0 Å². The zero-order valence-corrected chi connectivity index (χ0v) is 17.7. The number of rotatable bonds is 6.